The average Bonchev–Trinajstić information content (AvgIpc) is 2.49. The Morgan fingerprint density at radius 2 is 0.700 bits per heavy atom. The van der Waals surface area contributed by atoms with Gasteiger partial charge in [0.25, 0.3) is 0 Å². The van der Waals surface area contributed by atoms with E-state index < -0.39 is 0 Å². The van der Waals surface area contributed by atoms with Gasteiger partial charge in [0.1, 0.15) is 0 Å². The smallest absolute Gasteiger partial charge is 0.0228 e. The third-order valence-electron chi connectivity index (χ3n) is 3.25. The van der Waals surface area contributed by atoms with Crippen LogP contribution >= 0.6 is 0 Å². The molecule has 0 radical (unpaired) electrons. The van der Waals surface area contributed by atoms with Crippen molar-refractivity contribution in [3.63, 3.8) is 0 Å². The number of benzene rings is 1. The second kappa shape index (κ2) is 11.5. The molecular formula is C20H34. The van der Waals surface area contributed by atoms with Crippen LogP contribution in [0.5, 0.6) is 0 Å². The molecule has 1 aromatic carbocycles. The predicted molar refractivity (Wildman–Crippen MR) is 97.0 cm³/mol. The molecule has 0 heterocycles. The fourth-order valence-electron chi connectivity index (χ4n) is 1.55. The van der Waals surface area contributed by atoms with E-state index in [-0.39, 0.29) is 0 Å². The summed E-state index contributed by atoms with van der Waals surface area (Å²) in [6.45, 7) is 21.0. The molecule has 20 heavy (non-hydrogen) atoms. The Kier molecular flexibility index (Phi) is 12.1. The van der Waals surface area contributed by atoms with E-state index in [4.69, 9.17) is 0 Å². The van der Waals surface area contributed by atoms with Crippen molar-refractivity contribution < 1.29 is 0 Å². The van der Waals surface area contributed by atoms with E-state index in [9.17, 15) is 0 Å². The van der Waals surface area contributed by atoms with Gasteiger partial charge in [-0.05, 0) is 63.8 Å². The molecule has 0 aliphatic carbocycles. The van der Waals surface area contributed by atoms with Crippen molar-refractivity contribution in [2.45, 2.75) is 69.2 Å². The first kappa shape index (κ1) is 21.0. The molecule has 0 saturated heterocycles. The molecular weight excluding hydrogens is 240 g/mol. The van der Waals surface area contributed by atoms with Gasteiger partial charge < -0.3 is 0 Å². The largest absolute Gasteiger partial charge is 0.0729 e. The van der Waals surface area contributed by atoms with Crippen LogP contribution in [0, 0.1) is 0 Å². The minimum absolute atomic E-state index is 1.32. The number of hydrogen-bond acceptors (Lipinski definition) is 0. The molecule has 0 unspecified atom stereocenters. The highest BCUT2D eigenvalue weighted by Crippen LogP contribution is 2.22. The molecule has 0 saturated carbocycles. The van der Waals surface area contributed by atoms with Crippen molar-refractivity contribution >= 4 is 11.1 Å². The van der Waals surface area contributed by atoms with E-state index >= 15 is 0 Å². The van der Waals surface area contributed by atoms with E-state index in [0.29, 0.717) is 0 Å². The van der Waals surface area contributed by atoms with Crippen LogP contribution in [-0.4, -0.2) is 0 Å². The van der Waals surface area contributed by atoms with Crippen LogP contribution in [0.15, 0.2) is 35.4 Å². The third kappa shape index (κ3) is 6.75. The van der Waals surface area contributed by atoms with Crippen molar-refractivity contribution in [1.29, 1.82) is 0 Å². The normalized spacial score (nSPS) is 8.50. The Balaban J connectivity index is 0. The van der Waals surface area contributed by atoms with Crippen molar-refractivity contribution in [2.24, 2.45) is 0 Å². The van der Waals surface area contributed by atoms with E-state index in [1.165, 1.54) is 33.4 Å². The molecule has 0 aliphatic rings. The lowest BCUT2D eigenvalue weighted by Gasteiger charge is -2.08. The summed E-state index contributed by atoms with van der Waals surface area (Å²) in [4.78, 5) is 0. The van der Waals surface area contributed by atoms with Gasteiger partial charge in [0, 0.05) is 0 Å². The minimum atomic E-state index is 1.32. The SMILES string of the molecule is CC.CC.CC(C)=C(C)c1ccc(C(C)=C(C)C)cc1. The molecule has 0 bridgehead atoms. The van der Waals surface area contributed by atoms with Gasteiger partial charge in [-0.2, -0.15) is 0 Å². The van der Waals surface area contributed by atoms with Crippen molar-refractivity contribution in [2.75, 3.05) is 0 Å². The van der Waals surface area contributed by atoms with E-state index in [1.54, 1.807) is 0 Å². The quantitative estimate of drug-likeness (QED) is 0.528. The van der Waals surface area contributed by atoms with Gasteiger partial charge in [-0.3, -0.25) is 0 Å². The zero-order valence-corrected chi connectivity index (χ0v) is 15.3. The Morgan fingerprint density at radius 3 is 0.850 bits per heavy atom. The lowest BCUT2D eigenvalue weighted by Crippen LogP contribution is -1.86. The van der Waals surface area contributed by atoms with Gasteiger partial charge in [0.2, 0.25) is 0 Å². The van der Waals surface area contributed by atoms with Crippen LogP contribution in [0.4, 0.5) is 0 Å². The first-order valence-corrected chi connectivity index (χ1v) is 7.82. The standard InChI is InChI=1S/C16H22.2C2H6/c1-11(2)13(5)15-7-9-16(10-8-15)14(6)12(3)4;2*1-2/h7-10H,1-6H3;2*1-2H3. The maximum absolute atomic E-state index is 2.21. The summed E-state index contributed by atoms with van der Waals surface area (Å²) in [5.74, 6) is 0. The first-order chi connectivity index (χ1) is 9.43. The van der Waals surface area contributed by atoms with E-state index in [2.05, 4.69) is 65.8 Å². The lowest BCUT2D eigenvalue weighted by atomic mass is 9.98. The topological polar surface area (TPSA) is 0 Å². The van der Waals surface area contributed by atoms with Crippen LogP contribution in [-0.2, 0) is 0 Å². The van der Waals surface area contributed by atoms with Gasteiger partial charge in [-0.25, -0.2) is 0 Å². The second-order valence-corrected chi connectivity index (χ2v) is 4.83. The van der Waals surface area contributed by atoms with Crippen LogP contribution < -0.4 is 0 Å². The summed E-state index contributed by atoms with van der Waals surface area (Å²) < 4.78 is 0. The van der Waals surface area contributed by atoms with Crippen molar-refractivity contribution in [3.8, 4) is 0 Å². The summed E-state index contributed by atoms with van der Waals surface area (Å²) in [5.41, 5.74) is 8.16. The molecule has 0 nitrogen and oxygen atoms in total. The van der Waals surface area contributed by atoms with Gasteiger partial charge in [0.05, 0.1) is 0 Å². The van der Waals surface area contributed by atoms with Crippen LogP contribution in [0.25, 0.3) is 11.1 Å². The average molecular weight is 274 g/mol. The van der Waals surface area contributed by atoms with Crippen LogP contribution in [0.2, 0.25) is 0 Å². The highest BCUT2D eigenvalue weighted by Gasteiger charge is 2.00. The highest BCUT2D eigenvalue weighted by atomic mass is 14.1. The fraction of sp³-hybridized carbons (Fsp3) is 0.500. The zero-order valence-electron chi connectivity index (χ0n) is 15.3. The molecule has 0 N–H and O–H groups in total. The Bertz CT molecular complexity index is 377. The molecule has 0 aliphatic heterocycles. The van der Waals surface area contributed by atoms with Gasteiger partial charge in [-0.1, -0.05) is 63.1 Å². The number of rotatable bonds is 2. The minimum Gasteiger partial charge on any atom is -0.0729 e. The molecule has 1 rings (SSSR count). The van der Waals surface area contributed by atoms with Gasteiger partial charge in [0.15, 0.2) is 0 Å². The first-order valence-electron chi connectivity index (χ1n) is 7.82. The summed E-state index contributed by atoms with van der Waals surface area (Å²) in [6.07, 6.45) is 0. The van der Waals surface area contributed by atoms with Gasteiger partial charge >= 0.3 is 0 Å². The molecule has 0 amide bonds. The highest BCUT2D eigenvalue weighted by molar-refractivity contribution is 5.71. The molecule has 0 spiro atoms. The number of hydrogen-bond donors (Lipinski definition) is 0. The molecule has 114 valence electrons. The summed E-state index contributed by atoms with van der Waals surface area (Å²) in [7, 11) is 0. The monoisotopic (exact) mass is 274 g/mol. The maximum Gasteiger partial charge on any atom is -0.0228 e. The molecule has 0 heteroatoms. The predicted octanol–water partition coefficient (Wildman–Crippen LogP) is 7.37. The Labute approximate surface area is 127 Å². The molecule has 0 aromatic heterocycles. The maximum atomic E-state index is 2.21. The fourth-order valence-corrected chi connectivity index (χ4v) is 1.55. The summed E-state index contributed by atoms with van der Waals surface area (Å²) >= 11 is 0. The van der Waals surface area contributed by atoms with Crippen molar-refractivity contribution in [1.82, 2.24) is 0 Å². The van der Waals surface area contributed by atoms with E-state index in [0.717, 1.165) is 0 Å². The van der Waals surface area contributed by atoms with Crippen molar-refractivity contribution in [3.05, 3.63) is 46.5 Å². The Morgan fingerprint density at radius 1 is 0.500 bits per heavy atom. The van der Waals surface area contributed by atoms with Crippen LogP contribution in [0.1, 0.15) is 80.4 Å². The van der Waals surface area contributed by atoms with Gasteiger partial charge in [-0.15, -0.1) is 0 Å². The second-order valence-electron chi connectivity index (χ2n) is 4.83. The lowest BCUT2D eigenvalue weighted by molar-refractivity contribution is 1.35. The molecule has 1 aromatic rings. The Hall–Kier alpha value is -1.30. The molecule has 0 fully saturated rings. The summed E-state index contributed by atoms with van der Waals surface area (Å²) in [6, 6.07) is 8.85. The summed E-state index contributed by atoms with van der Waals surface area (Å²) in [5, 5.41) is 0. The molecule has 0 atom stereocenters. The third-order valence-corrected chi connectivity index (χ3v) is 3.25. The number of allylic oxidation sites excluding steroid dienone is 4. The van der Waals surface area contributed by atoms with Crippen LogP contribution in [0.3, 0.4) is 0 Å². The van der Waals surface area contributed by atoms with E-state index in [1.807, 2.05) is 27.7 Å². The zero-order chi connectivity index (χ0) is 16.3.